The lowest BCUT2D eigenvalue weighted by Crippen LogP contribution is -2.32. The summed E-state index contributed by atoms with van der Waals surface area (Å²) in [5.74, 6) is 0. The lowest BCUT2D eigenvalue weighted by molar-refractivity contribution is -0.137. The molecule has 1 fully saturated rings. The summed E-state index contributed by atoms with van der Waals surface area (Å²) in [6.07, 6.45) is -1.33. The number of nitrogens with zero attached hydrogens (tertiary/aromatic N) is 3. The van der Waals surface area contributed by atoms with E-state index in [1.54, 1.807) is 30.3 Å². The van der Waals surface area contributed by atoms with Crippen LogP contribution in [0.1, 0.15) is 50.7 Å². The van der Waals surface area contributed by atoms with Gasteiger partial charge in [-0.15, -0.1) is 0 Å². The van der Waals surface area contributed by atoms with Crippen molar-refractivity contribution < 1.29 is 13.2 Å². The molecular weight excluding hydrogens is 367 g/mol. The van der Waals surface area contributed by atoms with Gasteiger partial charge in [-0.25, -0.2) is 0 Å². The van der Waals surface area contributed by atoms with Crippen molar-refractivity contribution in [3.05, 3.63) is 57.9 Å². The van der Waals surface area contributed by atoms with E-state index in [0.29, 0.717) is 12.0 Å². The molecule has 1 aliphatic rings. The maximum absolute atomic E-state index is 13.5. The van der Waals surface area contributed by atoms with Crippen LogP contribution >= 0.6 is 0 Å². The summed E-state index contributed by atoms with van der Waals surface area (Å²) in [6.45, 7) is 4.01. The van der Waals surface area contributed by atoms with E-state index >= 15 is 0 Å². The first kappa shape index (κ1) is 19.9. The predicted octanol–water partition coefficient (Wildman–Crippen LogP) is 5.21. The van der Waals surface area contributed by atoms with Gasteiger partial charge >= 0.3 is 6.18 Å². The van der Waals surface area contributed by atoms with Gasteiger partial charge in [0.15, 0.2) is 0 Å². The monoisotopic (exact) mass is 387 g/mol. The molecule has 0 amide bonds. The Kier molecular flexibility index (Phi) is 5.16. The highest BCUT2D eigenvalue weighted by Gasteiger charge is 2.37. The zero-order chi connectivity index (χ0) is 20.5. The molecule has 0 saturated heterocycles. The average molecular weight is 387 g/mol. The molecule has 146 valence electrons. The fraction of sp³-hybridized carbons (Fsp3) is 0.381. The zero-order valence-electron chi connectivity index (χ0n) is 15.7. The van der Waals surface area contributed by atoms with Gasteiger partial charge in [-0.3, -0.25) is 4.79 Å². The molecule has 0 spiro atoms. The van der Waals surface area contributed by atoms with Crippen molar-refractivity contribution >= 4 is 5.71 Å². The Morgan fingerprint density at radius 3 is 2.43 bits per heavy atom. The number of aromatic nitrogens is 1. The minimum Gasteiger partial charge on any atom is -0.266 e. The second kappa shape index (κ2) is 7.27. The SMILES string of the molecule is CC1(C)CCCC/C1=N\n1c(-c2ccccc2)cc(C(F)(F)F)c(C#N)c1=O. The van der Waals surface area contributed by atoms with Gasteiger partial charge in [0.25, 0.3) is 5.56 Å². The Morgan fingerprint density at radius 2 is 1.86 bits per heavy atom. The van der Waals surface area contributed by atoms with Crippen LogP contribution in [0.15, 0.2) is 46.3 Å². The standard InChI is InChI=1S/C21H20F3N3O/c1-20(2)11-7-6-10-18(20)26-27-17(14-8-4-3-5-9-14)12-16(21(22,23)24)15(13-25)19(27)28/h3-5,8-9,12H,6-7,10-11H2,1-2H3/b26-18+. The number of nitriles is 1. The van der Waals surface area contributed by atoms with Crippen molar-refractivity contribution in [2.75, 3.05) is 0 Å². The Labute approximate surface area is 160 Å². The lowest BCUT2D eigenvalue weighted by Gasteiger charge is -2.31. The first-order chi connectivity index (χ1) is 13.1. The molecule has 4 nitrogen and oxygen atoms in total. The van der Waals surface area contributed by atoms with Gasteiger partial charge < -0.3 is 0 Å². The largest absolute Gasteiger partial charge is 0.417 e. The summed E-state index contributed by atoms with van der Waals surface area (Å²) < 4.78 is 41.4. The molecule has 28 heavy (non-hydrogen) atoms. The number of halogens is 3. The highest BCUT2D eigenvalue weighted by Crippen LogP contribution is 2.35. The normalized spacial score (nSPS) is 18.1. The molecule has 1 aromatic carbocycles. The van der Waals surface area contributed by atoms with Gasteiger partial charge in [0.2, 0.25) is 0 Å². The molecule has 1 saturated carbocycles. The van der Waals surface area contributed by atoms with Crippen LogP contribution < -0.4 is 5.56 Å². The lowest BCUT2D eigenvalue weighted by atomic mass is 9.76. The third-order valence-corrected chi connectivity index (χ3v) is 5.14. The smallest absolute Gasteiger partial charge is 0.266 e. The maximum atomic E-state index is 13.5. The topological polar surface area (TPSA) is 58.1 Å². The van der Waals surface area contributed by atoms with E-state index in [1.807, 2.05) is 13.8 Å². The van der Waals surface area contributed by atoms with Gasteiger partial charge in [-0.2, -0.15) is 28.2 Å². The first-order valence-electron chi connectivity index (χ1n) is 9.06. The van der Waals surface area contributed by atoms with E-state index in [-0.39, 0.29) is 11.1 Å². The summed E-state index contributed by atoms with van der Waals surface area (Å²) >= 11 is 0. The summed E-state index contributed by atoms with van der Waals surface area (Å²) in [5, 5.41) is 13.7. The Morgan fingerprint density at radius 1 is 1.18 bits per heavy atom. The zero-order valence-corrected chi connectivity index (χ0v) is 15.7. The minimum absolute atomic E-state index is 0.0193. The Bertz CT molecular complexity index is 1010. The van der Waals surface area contributed by atoms with Gasteiger partial charge in [-0.05, 0) is 25.3 Å². The van der Waals surface area contributed by atoms with Crippen LogP contribution in [-0.2, 0) is 6.18 Å². The van der Waals surface area contributed by atoms with Crippen LogP contribution in [0.3, 0.4) is 0 Å². The minimum atomic E-state index is -4.82. The van der Waals surface area contributed by atoms with Crippen LogP contribution in [0.4, 0.5) is 13.2 Å². The summed E-state index contributed by atoms with van der Waals surface area (Å²) in [6, 6.07) is 10.6. The molecule has 2 aromatic rings. The van der Waals surface area contributed by atoms with Crippen molar-refractivity contribution in [2.45, 2.75) is 45.7 Å². The highest BCUT2D eigenvalue weighted by molar-refractivity contribution is 5.90. The van der Waals surface area contributed by atoms with Crippen molar-refractivity contribution in [1.29, 1.82) is 5.26 Å². The van der Waals surface area contributed by atoms with Crippen molar-refractivity contribution in [1.82, 2.24) is 4.68 Å². The molecule has 0 radical (unpaired) electrons. The molecule has 0 N–H and O–H groups in total. The maximum Gasteiger partial charge on any atom is 0.417 e. The molecule has 0 bridgehead atoms. The third-order valence-electron chi connectivity index (χ3n) is 5.14. The fourth-order valence-electron chi connectivity index (χ4n) is 3.49. The van der Waals surface area contributed by atoms with E-state index < -0.39 is 22.9 Å². The first-order valence-corrected chi connectivity index (χ1v) is 9.06. The predicted molar refractivity (Wildman–Crippen MR) is 101 cm³/mol. The van der Waals surface area contributed by atoms with E-state index in [1.165, 1.54) is 6.07 Å². The Hall–Kier alpha value is -2.88. The number of hydrogen-bond donors (Lipinski definition) is 0. The van der Waals surface area contributed by atoms with Crippen molar-refractivity contribution in [3.63, 3.8) is 0 Å². The van der Waals surface area contributed by atoms with Crippen molar-refractivity contribution in [3.8, 4) is 17.3 Å². The summed E-state index contributed by atoms with van der Waals surface area (Å²) in [5.41, 5.74) is -2.30. The van der Waals surface area contributed by atoms with E-state index in [0.717, 1.165) is 35.7 Å². The third kappa shape index (κ3) is 3.72. The summed E-state index contributed by atoms with van der Waals surface area (Å²) in [4.78, 5) is 12.9. The van der Waals surface area contributed by atoms with E-state index in [9.17, 15) is 23.2 Å². The molecule has 3 rings (SSSR count). The second-order valence-electron chi connectivity index (χ2n) is 7.55. The number of pyridine rings is 1. The van der Waals surface area contributed by atoms with E-state index in [2.05, 4.69) is 5.10 Å². The van der Waals surface area contributed by atoms with Crippen LogP contribution in [0.2, 0.25) is 0 Å². The molecule has 0 unspecified atom stereocenters. The number of hydrogen-bond acceptors (Lipinski definition) is 3. The van der Waals surface area contributed by atoms with Crippen LogP contribution in [0, 0.1) is 16.7 Å². The van der Waals surface area contributed by atoms with E-state index in [4.69, 9.17) is 0 Å². The van der Waals surface area contributed by atoms with Gasteiger partial charge in [0.1, 0.15) is 11.6 Å². The molecule has 7 heteroatoms. The molecule has 0 atom stereocenters. The van der Waals surface area contributed by atoms with Gasteiger partial charge in [-0.1, -0.05) is 50.6 Å². The molecule has 1 aliphatic carbocycles. The average Bonchev–Trinajstić information content (AvgIpc) is 2.64. The number of benzene rings is 1. The van der Waals surface area contributed by atoms with Crippen LogP contribution in [-0.4, -0.2) is 10.4 Å². The fourth-order valence-corrected chi connectivity index (χ4v) is 3.49. The Balaban J connectivity index is 2.35. The summed E-state index contributed by atoms with van der Waals surface area (Å²) in [7, 11) is 0. The molecule has 1 aromatic heterocycles. The van der Waals surface area contributed by atoms with Crippen LogP contribution in [0.5, 0.6) is 0 Å². The quantitative estimate of drug-likeness (QED) is 0.710. The van der Waals surface area contributed by atoms with Gasteiger partial charge in [0.05, 0.1) is 11.3 Å². The molecule has 0 aliphatic heterocycles. The van der Waals surface area contributed by atoms with Gasteiger partial charge in [0, 0.05) is 16.7 Å². The second-order valence-corrected chi connectivity index (χ2v) is 7.55. The van der Waals surface area contributed by atoms with Crippen LogP contribution in [0.25, 0.3) is 11.3 Å². The van der Waals surface area contributed by atoms with Crippen molar-refractivity contribution in [2.24, 2.45) is 10.5 Å². The highest BCUT2D eigenvalue weighted by atomic mass is 19.4. The molecular formula is C21H20F3N3O. The molecule has 1 heterocycles. The number of alkyl halides is 3. The number of rotatable bonds is 2.